The first-order chi connectivity index (χ1) is 8.45. The lowest BCUT2D eigenvalue weighted by Gasteiger charge is -2.23. The van der Waals surface area contributed by atoms with Crippen molar-refractivity contribution in [1.82, 2.24) is 4.90 Å². The van der Waals surface area contributed by atoms with E-state index in [1.54, 1.807) is 18.2 Å². The van der Waals surface area contributed by atoms with E-state index in [0.717, 1.165) is 5.56 Å². The number of carbonyl (C=O) groups excluding carboxylic acids is 1. The van der Waals surface area contributed by atoms with Crippen molar-refractivity contribution >= 4 is 29.1 Å². The summed E-state index contributed by atoms with van der Waals surface area (Å²) in [5.41, 5.74) is 0.790. The van der Waals surface area contributed by atoms with Crippen molar-refractivity contribution in [2.75, 3.05) is 6.54 Å². The number of nitrogens with zero attached hydrogens (tertiary/aromatic N) is 2. The van der Waals surface area contributed by atoms with Crippen molar-refractivity contribution < 1.29 is 4.79 Å². The van der Waals surface area contributed by atoms with Gasteiger partial charge in [-0.15, -0.1) is 0 Å². The molecule has 0 aliphatic carbocycles. The van der Waals surface area contributed by atoms with Crippen molar-refractivity contribution in [2.24, 2.45) is 0 Å². The fourth-order valence-corrected chi connectivity index (χ4v) is 1.88. The molecule has 0 spiro atoms. The van der Waals surface area contributed by atoms with Crippen LogP contribution in [0.4, 0.5) is 0 Å². The Morgan fingerprint density at radius 3 is 2.56 bits per heavy atom. The van der Waals surface area contributed by atoms with Crippen molar-refractivity contribution in [3.05, 3.63) is 33.8 Å². The highest BCUT2D eigenvalue weighted by Gasteiger charge is 2.17. The molecule has 0 fully saturated rings. The Hall–Kier alpha value is -1.24. The number of halogens is 2. The molecule has 1 rings (SSSR count). The van der Waals surface area contributed by atoms with Crippen LogP contribution in [0.2, 0.25) is 10.0 Å². The summed E-state index contributed by atoms with van der Waals surface area (Å²) in [5, 5.41) is 9.59. The van der Waals surface area contributed by atoms with Crippen LogP contribution in [0.15, 0.2) is 18.2 Å². The summed E-state index contributed by atoms with van der Waals surface area (Å²) < 4.78 is 0. The van der Waals surface area contributed by atoms with Gasteiger partial charge in [0.2, 0.25) is 5.91 Å². The molecule has 1 amide bonds. The smallest absolute Gasteiger partial charge is 0.228 e. The van der Waals surface area contributed by atoms with Gasteiger partial charge in [-0.05, 0) is 31.5 Å². The van der Waals surface area contributed by atoms with E-state index in [2.05, 4.69) is 0 Å². The number of hydrogen-bond donors (Lipinski definition) is 0. The topological polar surface area (TPSA) is 44.1 Å². The molecule has 0 saturated heterocycles. The van der Waals surface area contributed by atoms with Crippen molar-refractivity contribution in [3.8, 4) is 6.07 Å². The van der Waals surface area contributed by atoms with Crippen molar-refractivity contribution in [1.29, 1.82) is 5.26 Å². The van der Waals surface area contributed by atoms with Gasteiger partial charge in [-0.3, -0.25) is 4.79 Å². The first-order valence-corrected chi connectivity index (χ1v) is 6.31. The SMILES string of the molecule is CC(C)N(CC#N)C(=O)Cc1ccc(Cl)c(Cl)c1. The monoisotopic (exact) mass is 284 g/mol. The molecule has 0 heterocycles. The summed E-state index contributed by atoms with van der Waals surface area (Å²) in [4.78, 5) is 13.6. The highest BCUT2D eigenvalue weighted by atomic mass is 35.5. The van der Waals surface area contributed by atoms with Gasteiger partial charge in [0.05, 0.1) is 22.5 Å². The minimum atomic E-state index is -0.0926. The molecule has 5 heteroatoms. The molecule has 96 valence electrons. The van der Waals surface area contributed by atoms with Crippen LogP contribution in [-0.4, -0.2) is 23.4 Å². The second-order valence-corrected chi connectivity index (χ2v) is 5.01. The Morgan fingerprint density at radius 2 is 2.06 bits per heavy atom. The molecule has 0 unspecified atom stereocenters. The molecule has 3 nitrogen and oxygen atoms in total. The van der Waals surface area contributed by atoms with E-state index < -0.39 is 0 Å². The molecule has 1 aromatic rings. The Morgan fingerprint density at radius 1 is 1.39 bits per heavy atom. The van der Waals surface area contributed by atoms with Gasteiger partial charge in [0.15, 0.2) is 0 Å². The van der Waals surface area contributed by atoms with Crippen LogP contribution in [0.5, 0.6) is 0 Å². The first-order valence-electron chi connectivity index (χ1n) is 5.56. The molecule has 0 N–H and O–H groups in total. The highest BCUT2D eigenvalue weighted by Crippen LogP contribution is 2.23. The van der Waals surface area contributed by atoms with E-state index in [4.69, 9.17) is 28.5 Å². The van der Waals surface area contributed by atoms with E-state index in [-0.39, 0.29) is 24.9 Å². The van der Waals surface area contributed by atoms with Gasteiger partial charge in [0.1, 0.15) is 6.54 Å². The van der Waals surface area contributed by atoms with E-state index in [0.29, 0.717) is 10.0 Å². The summed E-state index contributed by atoms with van der Waals surface area (Å²) in [6.07, 6.45) is 0.219. The maximum Gasteiger partial charge on any atom is 0.228 e. The van der Waals surface area contributed by atoms with Crippen molar-refractivity contribution in [2.45, 2.75) is 26.3 Å². The standard InChI is InChI=1S/C13H14Cl2N2O/c1-9(2)17(6-5-16)13(18)8-10-3-4-11(14)12(15)7-10/h3-4,7,9H,6,8H2,1-2H3. The predicted octanol–water partition coefficient (Wildman–Crippen LogP) is 3.30. The van der Waals surface area contributed by atoms with Crippen molar-refractivity contribution in [3.63, 3.8) is 0 Å². The number of benzene rings is 1. The third-order valence-corrected chi connectivity index (χ3v) is 3.26. The van der Waals surface area contributed by atoms with Gasteiger partial charge in [0.25, 0.3) is 0 Å². The Balaban J connectivity index is 2.80. The molecular formula is C13H14Cl2N2O. The highest BCUT2D eigenvalue weighted by molar-refractivity contribution is 6.42. The number of carbonyl (C=O) groups is 1. The zero-order chi connectivity index (χ0) is 13.7. The second kappa shape index (κ2) is 6.63. The average Bonchev–Trinajstić information content (AvgIpc) is 2.30. The summed E-state index contributed by atoms with van der Waals surface area (Å²) in [7, 11) is 0. The lowest BCUT2D eigenvalue weighted by molar-refractivity contribution is -0.131. The Kier molecular flexibility index (Phi) is 5.46. The molecular weight excluding hydrogens is 271 g/mol. The zero-order valence-corrected chi connectivity index (χ0v) is 11.8. The fourth-order valence-electron chi connectivity index (χ4n) is 1.56. The van der Waals surface area contributed by atoms with Gasteiger partial charge >= 0.3 is 0 Å². The van der Waals surface area contributed by atoms with E-state index in [9.17, 15) is 4.79 Å². The van der Waals surface area contributed by atoms with Crippen LogP contribution in [0, 0.1) is 11.3 Å². The van der Waals surface area contributed by atoms with Crippen LogP contribution in [0.3, 0.4) is 0 Å². The molecule has 0 aromatic heterocycles. The maximum atomic E-state index is 12.0. The summed E-state index contributed by atoms with van der Waals surface area (Å²) in [5.74, 6) is -0.0926. The average molecular weight is 285 g/mol. The lowest BCUT2D eigenvalue weighted by atomic mass is 10.1. The molecule has 0 atom stereocenters. The van der Waals surface area contributed by atoms with Crippen LogP contribution < -0.4 is 0 Å². The maximum absolute atomic E-state index is 12.0. The summed E-state index contributed by atoms with van der Waals surface area (Å²) in [6, 6.07) is 7.09. The second-order valence-electron chi connectivity index (χ2n) is 4.20. The number of nitriles is 1. The van der Waals surface area contributed by atoms with Gasteiger partial charge in [-0.2, -0.15) is 5.26 Å². The minimum absolute atomic E-state index is 0.0000721. The van der Waals surface area contributed by atoms with Crippen LogP contribution >= 0.6 is 23.2 Å². The minimum Gasteiger partial charge on any atom is -0.327 e. The molecule has 0 radical (unpaired) electrons. The Bertz CT molecular complexity index is 480. The molecule has 1 aromatic carbocycles. The third kappa shape index (κ3) is 3.90. The van der Waals surface area contributed by atoms with E-state index in [1.807, 2.05) is 19.9 Å². The van der Waals surface area contributed by atoms with E-state index >= 15 is 0 Å². The molecule has 0 saturated carbocycles. The summed E-state index contributed by atoms with van der Waals surface area (Å²) in [6.45, 7) is 3.85. The quantitative estimate of drug-likeness (QED) is 0.797. The van der Waals surface area contributed by atoms with Crippen LogP contribution in [-0.2, 0) is 11.2 Å². The zero-order valence-electron chi connectivity index (χ0n) is 10.3. The van der Waals surface area contributed by atoms with Crippen LogP contribution in [0.25, 0.3) is 0 Å². The number of hydrogen-bond acceptors (Lipinski definition) is 2. The normalized spacial score (nSPS) is 10.2. The molecule has 0 aliphatic rings. The Labute approximate surface area is 117 Å². The third-order valence-electron chi connectivity index (χ3n) is 2.52. The predicted molar refractivity (Wildman–Crippen MR) is 72.6 cm³/mol. The molecule has 0 bridgehead atoms. The van der Waals surface area contributed by atoms with Gasteiger partial charge < -0.3 is 4.90 Å². The largest absolute Gasteiger partial charge is 0.327 e. The fraction of sp³-hybridized carbons (Fsp3) is 0.385. The first kappa shape index (κ1) is 14.8. The van der Waals surface area contributed by atoms with Gasteiger partial charge in [-0.1, -0.05) is 29.3 Å². The van der Waals surface area contributed by atoms with Gasteiger partial charge in [0, 0.05) is 6.04 Å². The number of rotatable bonds is 4. The summed E-state index contributed by atoms with van der Waals surface area (Å²) >= 11 is 11.7. The van der Waals surface area contributed by atoms with E-state index in [1.165, 1.54) is 4.90 Å². The molecule has 18 heavy (non-hydrogen) atoms. The van der Waals surface area contributed by atoms with Gasteiger partial charge in [-0.25, -0.2) is 0 Å². The van der Waals surface area contributed by atoms with Crippen LogP contribution in [0.1, 0.15) is 19.4 Å². The number of amides is 1. The lowest BCUT2D eigenvalue weighted by Crippen LogP contribution is -2.38. The molecule has 0 aliphatic heterocycles.